The largest absolute Gasteiger partial charge is 0.481 e. The quantitative estimate of drug-likeness (QED) is 0.905. The molecule has 1 heterocycles. The van der Waals surface area contributed by atoms with Crippen molar-refractivity contribution in [2.45, 2.75) is 31.7 Å². The molecule has 1 atom stereocenters. The van der Waals surface area contributed by atoms with Crippen LogP contribution in [-0.2, 0) is 4.79 Å². The minimum Gasteiger partial charge on any atom is -0.481 e. The topological polar surface area (TPSA) is 40.5 Å². The van der Waals surface area contributed by atoms with Crippen molar-refractivity contribution in [1.82, 2.24) is 4.90 Å². The molecule has 1 aliphatic heterocycles. The van der Waals surface area contributed by atoms with Crippen LogP contribution in [0, 0.1) is 0 Å². The maximum Gasteiger partial charge on any atom is 0.303 e. The summed E-state index contributed by atoms with van der Waals surface area (Å²) in [6.45, 7) is 1.95. The maximum absolute atomic E-state index is 10.6. The van der Waals surface area contributed by atoms with Crippen LogP contribution in [0.3, 0.4) is 0 Å². The monoisotopic (exact) mass is 311 g/mol. The minimum atomic E-state index is -0.702. The van der Waals surface area contributed by atoms with Gasteiger partial charge in [-0.3, -0.25) is 9.69 Å². The molecular formula is C14H18BrNO2. The maximum atomic E-state index is 10.6. The summed E-state index contributed by atoms with van der Waals surface area (Å²) in [4.78, 5) is 13.0. The van der Waals surface area contributed by atoms with E-state index < -0.39 is 5.97 Å². The first-order chi connectivity index (χ1) is 8.68. The van der Waals surface area contributed by atoms with Crippen molar-refractivity contribution in [3.05, 3.63) is 34.3 Å². The second kappa shape index (κ2) is 6.34. The van der Waals surface area contributed by atoms with Gasteiger partial charge in [-0.15, -0.1) is 0 Å². The number of carboxylic acids is 1. The number of hydrogen-bond acceptors (Lipinski definition) is 2. The van der Waals surface area contributed by atoms with Crippen molar-refractivity contribution >= 4 is 21.9 Å². The van der Waals surface area contributed by atoms with Crippen LogP contribution < -0.4 is 0 Å². The summed E-state index contributed by atoms with van der Waals surface area (Å²) in [6.07, 6.45) is 3.35. The summed E-state index contributed by atoms with van der Waals surface area (Å²) in [5, 5.41) is 8.69. The minimum absolute atomic E-state index is 0.263. The van der Waals surface area contributed by atoms with Crippen molar-refractivity contribution in [2.24, 2.45) is 0 Å². The number of benzene rings is 1. The van der Waals surface area contributed by atoms with Gasteiger partial charge in [-0.25, -0.2) is 0 Å². The van der Waals surface area contributed by atoms with Crippen LogP contribution >= 0.6 is 15.9 Å². The fraction of sp³-hybridized carbons (Fsp3) is 0.500. The van der Waals surface area contributed by atoms with Crippen LogP contribution in [0.2, 0.25) is 0 Å². The number of rotatable bonds is 5. The predicted molar refractivity (Wildman–Crippen MR) is 74.6 cm³/mol. The summed E-state index contributed by atoms with van der Waals surface area (Å²) in [6, 6.07) is 8.76. The fourth-order valence-corrected chi connectivity index (χ4v) is 3.17. The average Bonchev–Trinajstić information content (AvgIpc) is 2.77. The Balaban J connectivity index is 1.99. The second-order valence-corrected chi connectivity index (χ2v) is 5.57. The first-order valence-electron chi connectivity index (χ1n) is 6.39. The van der Waals surface area contributed by atoms with Crippen molar-refractivity contribution in [1.29, 1.82) is 0 Å². The molecule has 1 aliphatic rings. The molecule has 0 radical (unpaired) electrons. The van der Waals surface area contributed by atoms with Crippen molar-refractivity contribution in [3.63, 3.8) is 0 Å². The second-order valence-electron chi connectivity index (χ2n) is 4.71. The Morgan fingerprint density at radius 1 is 1.44 bits per heavy atom. The van der Waals surface area contributed by atoms with Gasteiger partial charge in [0.2, 0.25) is 0 Å². The Bertz CT molecular complexity index is 422. The molecule has 0 unspecified atom stereocenters. The average molecular weight is 312 g/mol. The van der Waals surface area contributed by atoms with Gasteiger partial charge in [0, 0.05) is 16.9 Å². The Kier molecular flexibility index (Phi) is 4.78. The highest BCUT2D eigenvalue weighted by Crippen LogP contribution is 2.35. The van der Waals surface area contributed by atoms with Gasteiger partial charge in [0.05, 0.1) is 0 Å². The van der Waals surface area contributed by atoms with Crippen molar-refractivity contribution in [3.8, 4) is 0 Å². The third kappa shape index (κ3) is 3.33. The molecule has 1 N–H and O–H groups in total. The Hall–Kier alpha value is -0.870. The third-order valence-electron chi connectivity index (χ3n) is 3.46. The molecule has 1 saturated heterocycles. The van der Waals surface area contributed by atoms with Gasteiger partial charge in [0.15, 0.2) is 0 Å². The lowest BCUT2D eigenvalue weighted by molar-refractivity contribution is -0.137. The zero-order chi connectivity index (χ0) is 13.0. The van der Waals surface area contributed by atoms with E-state index in [0.29, 0.717) is 6.04 Å². The van der Waals surface area contributed by atoms with E-state index >= 15 is 0 Å². The number of hydrogen-bond donors (Lipinski definition) is 1. The van der Waals surface area contributed by atoms with E-state index in [4.69, 9.17) is 5.11 Å². The molecule has 0 aromatic heterocycles. The van der Waals surface area contributed by atoms with E-state index in [0.717, 1.165) is 30.4 Å². The number of carboxylic acid groups (broad SMARTS) is 1. The van der Waals surface area contributed by atoms with Crippen LogP contribution in [-0.4, -0.2) is 29.1 Å². The normalized spacial score (nSPS) is 20.2. The molecule has 3 nitrogen and oxygen atoms in total. The number of likely N-dealkylation sites (tertiary alicyclic amines) is 1. The zero-order valence-corrected chi connectivity index (χ0v) is 11.9. The molecule has 0 saturated carbocycles. The highest BCUT2D eigenvalue weighted by atomic mass is 79.9. The Morgan fingerprint density at radius 3 is 2.94 bits per heavy atom. The van der Waals surface area contributed by atoms with Gasteiger partial charge < -0.3 is 5.11 Å². The fourth-order valence-electron chi connectivity index (χ4n) is 2.62. The van der Waals surface area contributed by atoms with Crippen LogP contribution in [0.15, 0.2) is 28.7 Å². The molecule has 18 heavy (non-hydrogen) atoms. The van der Waals surface area contributed by atoms with E-state index in [-0.39, 0.29) is 6.42 Å². The first-order valence-corrected chi connectivity index (χ1v) is 7.18. The molecule has 98 valence electrons. The lowest BCUT2D eigenvalue weighted by Gasteiger charge is -2.25. The smallest absolute Gasteiger partial charge is 0.303 e. The molecule has 0 aliphatic carbocycles. The highest BCUT2D eigenvalue weighted by molar-refractivity contribution is 9.10. The molecule has 1 aromatic rings. The first kappa shape index (κ1) is 13.6. The molecule has 1 aromatic carbocycles. The number of carbonyl (C=O) groups is 1. The molecular weight excluding hydrogens is 294 g/mol. The SMILES string of the molecule is O=C(O)CCCN1CCC[C@@H]1c1ccccc1Br. The lowest BCUT2D eigenvalue weighted by Crippen LogP contribution is -2.25. The standard InChI is InChI=1S/C14H18BrNO2/c15-12-6-2-1-5-11(12)13-7-3-9-16(13)10-4-8-14(17)18/h1-2,5-6,13H,3-4,7-10H2,(H,17,18)/t13-/m1/s1. The van der Waals surface area contributed by atoms with Gasteiger partial charge in [0.25, 0.3) is 0 Å². The summed E-state index contributed by atoms with van der Waals surface area (Å²) in [5.41, 5.74) is 1.32. The Labute approximate surface area is 116 Å². The number of halogens is 1. The summed E-state index contributed by atoms with van der Waals surface area (Å²) < 4.78 is 1.15. The molecule has 0 bridgehead atoms. The van der Waals surface area contributed by atoms with E-state index in [1.165, 1.54) is 12.0 Å². The van der Waals surface area contributed by atoms with Gasteiger partial charge in [-0.05, 0) is 44.0 Å². The van der Waals surface area contributed by atoms with E-state index in [9.17, 15) is 4.79 Å². The third-order valence-corrected chi connectivity index (χ3v) is 4.19. The van der Waals surface area contributed by atoms with Crippen molar-refractivity contribution < 1.29 is 9.90 Å². The highest BCUT2D eigenvalue weighted by Gasteiger charge is 2.26. The summed E-state index contributed by atoms with van der Waals surface area (Å²) in [5.74, 6) is -0.702. The van der Waals surface area contributed by atoms with Gasteiger partial charge in [-0.2, -0.15) is 0 Å². The van der Waals surface area contributed by atoms with Crippen LogP contribution in [0.5, 0.6) is 0 Å². The van der Waals surface area contributed by atoms with Crippen LogP contribution in [0.25, 0.3) is 0 Å². The predicted octanol–water partition coefficient (Wildman–Crippen LogP) is 3.45. The number of aliphatic carboxylic acids is 1. The van der Waals surface area contributed by atoms with Gasteiger partial charge >= 0.3 is 5.97 Å². The van der Waals surface area contributed by atoms with E-state index in [2.05, 4.69) is 39.0 Å². The molecule has 1 fully saturated rings. The molecule has 0 amide bonds. The molecule has 0 spiro atoms. The molecule has 2 rings (SSSR count). The summed E-state index contributed by atoms with van der Waals surface area (Å²) in [7, 11) is 0. The van der Waals surface area contributed by atoms with Gasteiger partial charge in [-0.1, -0.05) is 34.1 Å². The Morgan fingerprint density at radius 2 is 2.22 bits per heavy atom. The number of nitrogens with zero attached hydrogens (tertiary/aromatic N) is 1. The van der Waals surface area contributed by atoms with Crippen LogP contribution in [0.4, 0.5) is 0 Å². The lowest BCUT2D eigenvalue weighted by atomic mass is 10.0. The van der Waals surface area contributed by atoms with Crippen molar-refractivity contribution in [2.75, 3.05) is 13.1 Å². The summed E-state index contributed by atoms with van der Waals surface area (Å²) >= 11 is 3.60. The molecule has 4 heteroatoms. The van der Waals surface area contributed by atoms with Crippen LogP contribution in [0.1, 0.15) is 37.3 Å². The van der Waals surface area contributed by atoms with E-state index in [1.807, 2.05) is 6.07 Å². The zero-order valence-electron chi connectivity index (χ0n) is 10.3. The van der Waals surface area contributed by atoms with E-state index in [1.54, 1.807) is 0 Å². The van der Waals surface area contributed by atoms with Gasteiger partial charge in [0.1, 0.15) is 0 Å².